The molecule has 1 aromatic rings. The topological polar surface area (TPSA) is 57.5 Å². The number of aliphatic hydroxyl groups is 2. The van der Waals surface area contributed by atoms with Gasteiger partial charge in [-0.25, -0.2) is 8.78 Å². The molecular weight excluding hydrogens is 262 g/mol. The third-order valence-corrected chi connectivity index (χ3v) is 3.29. The number of halogens is 2. The molecule has 2 unspecified atom stereocenters. The van der Waals surface area contributed by atoms with Crippen molar-refractivity contribution in [2.75, 3.05) is 5.75 Å². The molecule has 0 fully saturated rings. The summed E-state index contributed by atoms with van der Waals surface area (Å²) in [6, 6.07) is 5.49. The quantitative estimate of drug-likeness (QED) is 0.866. The van der Waals surface area contributed by atoms with Gasteiger partial charge in [0.15, 0.2) is 5.12 Å². The number of aliphatic hydroxyl groups excluding tert-OH is 2. The molecule has 0 aliphatic carbocycles. The van der Waals surface area contributed by atoms with E-state index in [9.17, 15) is 23.8 Å². The van der Waals surface area contributed by atoms with Crippen LogP contribution in [0.1, 0.15) is 30.6 Å². The van der Waals surface area contributed by atoms with E-state index in [4.69, 9.17) is 0 Å². The highest BCUT2D eigenvalue weighted by Gasteiger charge is 2.24. The van der Waals surface area contributed by atoms with Crippen molar-refractivity contribution in [3.63, 3.8) is 0 Å². The van der Waals surface area contributed by atoms with Gasteiger partial charge in [0.1, 0.15) is 6.10 Å². The highest BCUT2D eigenvalue weighted by molar-refractivity contribution is 8.13. The number of hydrogen-bond donors (Lipinski definition) is 2. The summed E-state index contributed by atoms with van der Waals surface area (Å²) in [5.41, 5.74) is -0.318. The lowest BCUT2D eigenvalue weighted by atomic mass is 9.99. The molecule has 0 bridgehead atoms. The summed E-state index contributed by atoms with van der Waals surface area (Å²) in [6.45, 7) is 1.33. The van der Waals surface area contributed by atoms with E-state index >= 15 is 0 Å². The van der Waals surface area contributed by atoms with Crippen LogP contribution in [0.15, 0.2) is 24.3 Å². The molecule has 1 aromatic carbocycles. The van der Waals surface area contributed by atoms with Crippen molar-refractivity contribution >= 4 is 16.9 Å². The Morgan fingerprint density at radius 3 is 2.33 bits per heavy atom. The minimum absolute atomic E-state index is 0.0100. The number of benzene rings is 1. The number of rotatable bonds is 5. The second-order valence-corrected chi connectivity index (χ2v) is 4.94. The molecule has 0 radical (unpaired) electrons. The van der Waals surface area contributed by atoms with Crippen LogP contribution in [0, 0.1) is 0 Å². The fourth-order valence-electron chi connectivity index (χ4n) is 1.48. The van der Waals surface area contributed by atoms with Crippen molar-refractivity contribution in [1.29, 1.82) is 0 Å². The minimum Gasteiger partial charge on any atom is -0.389 e. The Labute approximate surface area is 108 Å². The van der Waals surface area contributed by atoms with E-state index in [1.54, 1.807) is 0 Å². The molecule has 0 aliphatic rings. The van der Waals surface area contributed by atoms with Crippen molar-refractivity contribution in [2.45, 2.75) is 25.6 Å². The lowest BCUT2D eigenvalue weighted by Crippen LogP contribution is -2.22. The Balaban J connectivity index is 2.82. The molecule has 0 spiro atoms. The van der Waals surface area contributed by atoms with Gasteiger partial charge in [0.05, 0.1) is 6.10 Å². The molecule has 6 heteroatoms. The number of carbonyl (C=O) groups is 1. The van der Waals surface area contributed by atoms with E-state index in [-0.39, 0.29) is 22.0 Å². The number of thioether (sulfide) groups is 1. The molecule has 2 N–H and O–H groups in total. The first-order valence-electron chi connectivity index (χ1n) is 5.30. The van der Waals surface area contributed by atoms with Gasteiger partial charge in [0, 0.05) is 18.2 Å². The third kappa shape index (κ3) is 4.04. The van der Waals surface area contributed by atoms with Crippen molar-refractivity contribution < 1.29 is 23.8 Å². The second-order valence-electron chi connectivity index (χ2n) is 3.74. The standard InChI is InChI=1S/C12H14F2O3S/c1-7(15)18-6-10(16)11(17)8-4-2-3-5-9(8)12(13)14/h2-5,10-12,16-17H,6H2,1H3. The van der Waals surface area contributed by atoms with Crippen molar-refractivity contribution in [2.24, 2.45) is 0 Å². The van der Waals surface area contributed by atoms with Crippen LogP contribution in [0.4, 0.5) is 8.78 Å². The molecule has 1 rings (SSSR count). The van der Waals surface area contributed by atoms with Gasteiger partial charge in [0.25, 0.3) is 6.43 Å². The smallest absolute Gasteiger partial charge is 0.264 e. The van der Waals surface area contributed by atoms with Gasteiger partial charge in [-0.05, 0) is 5.56 Å². The van der Waals surface area contributed by atoms with E-state index in [0.717, 1.165) is 11.8 Å². The van der Waals surface area contributed by atoms with Gasteiger partial charge < -0.3 is 10.2 Å². The van der Waals surface area contributed by atoms with Crippen LogP contribution in [0.5, 0.6) is 0 Å². The first kappa shape index (κ1) is 15.1. The van der Waals surface area contributed by atoms with Gasteiger partial charge in [-0.2, -0.15) is 0 Å². The zero-order chi connectivity index (χ0) is 13.7. The van der Waals surface area contributed by atoms with E-state index in [1.807, 2.05) is 0 Å². The van der Waals surface area contributed by atoms with E-state index in [0.29, 0.717) is 0 Å². The molecule has 0 aliphatic heterocycles. The first-order chi connectivity index (χ1) is 8.43. The molecule has 0 saturated carbocycles. The normalized spacial score (nSPS) is 14.6. The predicted octanol–water partition coefficient (Wildman–Crippen LogP) is 2.30. The number of hydrogen-bond acceptors (Lipinski definition) is 4. The second kappa shape index (κ2) is 6.82. The summed E-state index contributed by atoms with van der Waals surface area (Å²) in [4.78, 5) is 10.7. The molecule has 18 heavy (non-hydrogen) atoms. The SMILES string of the molecule is CC(=O)SCC(O)C(O)c1ccccc1C(F)F. The van der Waals surface area contributed by atoms with Crippen LogP contribution in [-0.4, -0.2) is 27.2 Å². The number of carbonyl (C=O) groups excluding carboxylic acids is 1. The number of alkyl halides is 2. The molecule has 2 atom stereocenters. The highest BCUT2D eigenvalue weighted by atomic mass is 32.2. The van der Waals surface area contributed by atoms with Crippen LogP contribution < -0.4 is 0 Å². The highest BCUT2D eigenvalue weighted by Crippen LogP contribution is 2.29. The molecular formula is C12H14F2O3S. The third-order valence-electron chi connectivity index (χ3n) is 2.37. The summed E-state index contributed by atoms with van der Waals surface area (Å²) in [6.07, 6.45) is -5.41. The maximum absolute atomic E-state index is 12.7. The summed E-state index contributed by atoms with van der Waals surface area (Å²) < 4.78 is 25.4. The molecule has 0 amide bonds. The Kier molecular flexibility index (Phi) is 5.71. The Bertz CT molecular complexity index is 412. The van der Waals surface area contributed by atoms with Gasteiger partial charge in [0.2, 0.25) is 0 Å². The summed E-state index contributed by atoms with van der Waals surface area (Å²) in [5, 5.41) is 19.3. The van der Waals surface area contributed by atoms with Crippen LogP contribution in [0.25, 0.3) is 0 Å². The fourth-order valence-corrected chi connectivity index (χ4v) is 2.07. The van der Waals surface area contributed by atoms with E-state index in [2.05, 4.69) is 0 Å². The lowest BCUT2D eigenvalue weighted by Gasteiger charge is -2.20. The Hall–Kier alpha value is -0.980. The van der Waals surface area contributed by atoms with Crippen LogP contribution in [0.2, 0.25) is 0 Å². The van der Waals surface area contributed by atoms with Gasteiger partial charge in [-0.3, -0.25) is 4.79 Å². The first-order valence-corrected chi connectivity index (χ1v) is 6.28. The van der Waals surface area contributed by atoms with Crippen molar-refractivity contribution in [3.05, 3.63) is 35.4 Å². The van der Waals surface area contributed by atoms with Gasteiger partial charge in [-0.1, -0.05) is 36.0 Å². The van der Waals surface area contributed by atoms with Crippen LogP contribution >= 0.6 is 11.8 Å². The lowest BCUT2D eigenvalue weighted by molar-refractivity contribution is -0.109. The molecule has 3 nitrogen and oxygen atoms in total. The maximum atomic E-state index is 12.7. The average molecular weight is 276 g/mol. The summed E-state index contributed by atoms with van der Waals surface area (Å²) in [7, 11) is 0. The molecule has 0 aromatic heterocycles. The zero-order valence-corrected chi connectivity index (χ0v) is 10.5. The zero-order valence-electron chi connectivity index (χ0n) is 9.72. The Morgan fingerprint density at radius 2 is 1.83 bits per heavy atom. The molecule has 0 heterocycles. The molecule has 100 valence electrons. The average Bonchev–Trinajstić information content (AvgIpc) is 2.34. The van der Waals surface area contributed by atoms with Crippen LogP contribution in [-0.2, 0) is 4.79 Å². The van der Waals surface area contributed by atoms with Gasteiger partial charge >= 0.3 is 0 Å². The minimum atomic E-state index is -2.72. The summed E-state index contributed by atoms with van der Waals surface area (Å²) in [5.74, 6) is -0.0337. The van der Waals surface area contributed by atoms with E-state index in [1.165, 1.54) is 31.2 Å². The fraction of sp³-hybridized carbons (Fsp3) is 0.417. The molecule has 0 saturated heterocycles. The monoisotopic (exact) mass is 276 g/mol. The van der Waals surface area contributed by atoms with Gasteiger partial charge in [-0.15, -0.1) is 0 Å². The van der Waals surface area contributed by atoms with Crippen LogP contribution in [0.3, 0.4) is 0 Å². The maximum Gasteiger partial charge on any atom is 0.264 e. The predicted molar refractivity (Wildman–Crippen MR) is 65.5 cm³/mol. The Morgan fingerprint density at radius 1 is 1.28 bits per heavy atom. The van der Waals surface area contributed by atoms with Crippen molar-refractivity contribution in [1.82, 2.24) is 0 Å². The summed E-state index contributed by atoms with van der Waals surface area (Å²) >= 11 is 0.840. The van der Waals surface area contributed by atoms with Crippen molar-refractivity contribution in [3.8, 4) is 0 Å². The largest absolute Gasteiger partial charge is 0.389 e. The van der Waals surface area contributed by atoms with E-state index < -0.39 is 18.6 Å².